The Labute approximate surface area is 115 Å². The van der Waals surface area contributed by atoms with Gasteiger partial charge in [0.1, 0.15) is 5.75 Å². The number of ether oxygens (including phenoxy) is 1. The Kier molecular flexibility index (Phi) is 4.18. The van der Waals surface area contributed by atoms with Crippen LogP contribution in [0.5, 0.6) is 5.75 Å². The van der Waals surface area contributed by atoms with Crippen molar-refractivity contribution in [3.05, 3.63) is 59.7 Å². The van der Waals surface area contributed by atoms with Crippen LogP contribution in [0.15, 0.2) is 48.5 Å². The molecule has 0 heterocycles. The van der Waals surface area contributed by atoms with Gasteiger partial charge in [-0.3, -0.25) is 0 Å². The topological polar surface area (TPSA) is 9.23 Å². The van der Waals surface area contributed by atoms with Crippen LogP contribution in [0.1, 0.15) is 11.1 Å². The van der Waals surface area contributed by atoms with Crippen molar-refractivity contribution in [2.45, 2.75) is 0 Å². The first-order valence-electron chi connectivity index (χ1n) is 6.11. The summed E-state index contributed by atoms with van der Waals surface area (Å²) in [6.45, 7) is -4.92. The maximum Gasteiger partial charge on any atom is 0.509 e. The van der Waals surface area contributed by atoms with Gasteiger partial charge in [0.25, 0.3) is 0 Å². The van der Waals surface area contributed by atoms with E-state index in [-0.39, 0.29) is 0 Å². The molecule has 104 valence electrons. The smallest absolute Gasteiger partial charge is 0.497 e. The number of hydrogen-bond acceptors (Lipinski definition) is 1. The second kappa shape index (κ2) is 5.86. The molecule has 2 aromatic carbocycles. The van der Waals surface area contributed by atoms with Crippen LogP contribution in [0.3, 0.4) is 0 Å². The molecular formula is C15H13BF3O-. The summed E-state index contributed by atoms with van der Waals surface area (Å²) in [5.74, 6) is 0.763. The molecule has 0 saturated heterocycles. The number of halogens is 3. The Balaban J connectivity index is 2.10. The van der Waals surface area contributed by atoms with Gasteiger partial charge < -0.3 is 17.7 Å². The Bertz CT molecular complexity index is 586. The SMILES string of the molecule is COc1ccc(/C=C\c2ccc([B-](F)(F)F)cc2)cc1. The van der Waals surface area contributed by atoms with Gasteiger partial charge in [-0.2, -0.15) is 0 Å². The van der Waals surface area contributed by atoms with Gasteiger partial charge in [0, 0.05) is 0 Å². The summed E-state index contributed by atoms with van der Waals surface area (Å²) in [4.78, 5) is 0. The Morgan fingerprint density at radius 1 is 0.800 bits per heavy atom. The fourth-order valence-electron chi connectivity index (χ4n) is 1.73. The highest BCUT2D eigenvalue weighted by molar-refractivity contribution is 6.73. The van der Waals surface area contributed by atoms with Gasteiger partial charge in [-0.25, -0.2) is 0 Å². The summed E-state index contributed by atoms with van der Waals surface area (Å²) in [5, 5.41) is 0. The van der Waals surface area contributed by atoms with Gasteiger partial charge in [-0.05, 0) is 23.3 Å². The van der Waals surface area contributed by atoms with Crippen LogP contribution < -0.4 is 10.2 Å². The van der Waals surface area contributed by atoms with E-state index in [1.165, 1.54) is 12.1 Å². The Hall–Kier alpha value is -2.17. The molecule has 0 fully saturated rings. The van der Waals surface area contributed by atoms with E-state index in [0.717, 1.165) is 29.0 Å². The lowest BCUT2D eigenvalue weighted by molar-refractivity contribution is 0.415. The largest absolute Gasteiger partial charge is 0.509 e. The van der Waals surface area contributed by atoms with Crippen molar-refractivity contribution in [2.24, 2.45) is 0 Å². The van der Waals surface area contributed by atoms with Crippen LogP contribution in [0, 0.1) is 0 Å². The van der Waals surface area contributed by atoms with Gasteiger partial charge in [-0.1, -0.05) is 48.6 Å². The summed E-state index contributed by atoms with van der Waals surface area (Å²) < 4.78 is 42.5. The van der Waals surface area contributed by atoms with Gasteiger partial charge in [0.05, 0.1) is 7.11 Å². The van der Waals surface area contributed by atoms with Crippen LogP contribution in [0.25, 0.3) is 12.2 Å². The lowest BCUT2D eigenvalue weighted by Gasteiger charge is -2.14. The van der Waals surface area contributed by atoms with Crippen LogP contribution in [-0.2, 0) is 0 Å². The highest BCUT2D eigenvalue weighted by Crippen LogP contribution is 2.14. The molecule has 0 aliphatic rings. The Morgan fingerprint density at radius 2 is 1.25 bits per heavy atom. The molecule has 0 amide bonds. The molecule has 0 aromatic heterocycles. The normalized spacial score (nSPS) is 11.8. The second-order valence-electron chi connectivity index (χ2n) is 4.35. The first kappa shape index (κ1) is 14.2. The van der Waals surface area contributed by atoms with Crippen LogP contribution in [0.4, 0.5) is 12.9 Å². The number of benzene rings is 2. The molecule has 0 atom stereocenters. The van der Waals surface area contributed by atoms with Crippen molar-refractivity contribution >= 4 is 24.6 Å². The van der Waals surface area contributed by atoms with E-state index in [9.17, 15) is 12.9 Å². The zero-order chi connectivity index (χ0) is 14.6. The van der Waals surface area contributed by atoms with Crippen LogP contribution >= 0.6 is 0 Å². The van der Waals surface area contributed by atoms with Gasteiger partial charge >= 0.3 is 6.98 Å². The molecule has 0 aliphatic heterocycles. The maximum absolute atomic E-state index is 12.5. The highest BCUT2D eigenvalue weighted by Gasteiger charge is 2.24. The van der Waals surface area contributed by atoms with E-state index >= 15 is 0 Å². The molecule has 2 rings (SSSR count). The molecule has 20 heavy (non-hydrogen) atoms. The Morgan fingerprint density at radius 3 is 1.65 bits per heavy atom. The third-order valence-corrected chi connectivity index (χ3v) is 2.90. The quantitative estimate of drug-likeness (QED) is 0.608. The minimum Gasteiger partial charge on any atom is -0.497 e. The van der Waals surface area contributed by atoms with Crippen molar-refractivity contribution in [3.8, 4) is 5.75 Å². The average molecular weight is 277 g/mol. The molecule has 0 N–H and O–H groups in total. The van der Waals surface area contributed by atoms with Crippen molar-refractivity contribution in [3.63, 3.8) is 0 Å². The highest BCUT2D eigenvalue weighted by atomic mass is 19.4. The number of hydrogen-bond donors (Lipinski definition) is 0. The first-order valence-corrected chi connectivity index (χ1v) is 6.11. The average Bonchev–Trinajstić information content (AvgIpc) is 2.45. The third-order valence-electron chi connectivity index (χ3n) is 2.90. The molecule has 1 nitrogen and oxygen atoms in total. The van der Waals surface area contributed by atoms with Gasteiger partial charge in [-0.15, -0.1) is 5.46 Å². The summed E-state index contributed by atoms with van der Waals surface area (Å²) >= 11 is 0. The molecule has 0 aliphatic carbocycles. The lowest BCUT2D eigenvalue weighted by atomic mass is 9.80. The third kappa shape index (κ3) is 3.67. The van der Waals surface area contributed by atoms with E-state index < -0.39 is 12.4 Å². The van der Waals surface area contributed by atoms with E-state index in [2.05, 4.69) is 0 Å². The monoisotopic (exact) mass is 277 g/mol. The molecule has 0 bridgehead atoms. The minimum absolute atomic E-state index is 0.577. The summed E-state index contributed by atoms with van der Waals surface area (Å²) in [5.41, 5.74) is 1.10. The molecular weight excluding hydrogens is 264 g/mol. The molecule has 0 radical (unpaired) electrons. The van der Waals surface area contributed by atoms with Crippen molar-refractivity contribution < 1.29 is 17.7 Å². The standard InChI is InChI=1S/C15H13BF3O/c1-20-15-10-6-13(7-11-15)3-2-12-4-8-14(9-5-12)16(17,18)19/h2-11H,1H3/q-1/b3-2-. The van der Waals surface area contributed by atoms with Gasteiger partial charge in [0.15, 0.2) is 0 Å². The predicted octanol–water partition coefficient (Wildman–Crippen LogP) is 3.92. The second-order valence-corrected chi connectivity index (χ2v) is 4.35. The first-order chi connectivity index (χ1) is 9.49. The number of rotatable bonds is 4. The molecule has 5 heteroatoms. The summed E-state index contributed by atoms with van der Waals surface area (Å²) in [6.07, 6.45) is 3.61. The van der Waals surface area contributed by atoms with Crippen molar-refractivity contribution in [1.82, 2.24) is 0 Å². The minimum atomic E-state index is -4.92. The van der Waals surface area contributed by atoms with E-state index in [0.29, 0.717) is 0 Å². The summed E-state index contributed by atoms with van der Waals surface area (Å²) in [7, 11) is 1.59. The van der Waals surface area contributed by atoms with Gasteiger partial charge in [0.2, 0.25) is 0 Å². The molecule has 2 aromatic rings. The van der Waals surface area contributed by atoms with Crippen molar-refractivity contribution in [2.75, 3.05) is 7.11 Å². The van der Waals surface area contributed by atoms with Crippen molar-refractivity contribution in [1.29, 1.82) is 0 Å². The van der Waals surface area contributed by atoms with E-state index in [4.69, 9.17) is 4.74 Å². The molecule has 0 unspecified atom stereocenters. The van der Waals surface area contributed by atoms with E-state index in [1.807, 2.05) is 30.3 Å². The zero-order valence-electron chi connectivity index (χ0n) is 10.9. The lowest BCUT2D eigenvalue weighted by Crippen LogP contribution is -2.33. The maximum atomic E-state index is 12.5. The molecule has 0 spiro atoms. The molecule has 0 saturated carbocycles. The summed E-state index contributed by atoms with van der Waals surface area (Å²) in [6, 6.07) is 12.5. The van der Waals surface area contributed by atoms with E-state index in [1.54, 1.807) is 13.2 Å². The fourth-order valence-corrected chi connectivity index (χ4v) is 1.73. The predicted molar refractivity (Wildman–Crippen MR) is 77.1 cm³/mol. The van der Waals surface area contributed by atoms with Crippen LogP contribution in [0.2, 0.25) is 0 Å². The zero-order valence-corrected chi connectivity index (χ0v) is 10.9. The fraction of sp³-hybridized carbons (Fsp3) is 0.0667. The number of methoxy groups -OCH3 is 1. The van der Waals surface area contributed by atoms with Crippen LogP contribution in [-0.4, -0.2) is 14.1 Å².